The van der Waals surface area contributed by atoms with Gasteiger partial charge >= 0.3 is 0 Å². The van der Waals surface area contributed by atoms with Crippen molar-refractivity contribution in [3.05, 3.63) is 30.1 Å². The van der Waals surface area contributed by atoms with Gasteiger partial charge in [0.15, 0.2) is 11.0 Å². The average molecular weight is 455 g/mol. The molecular formula is C25H31FN4OS. The normalized spacial score (nSPS) is 31.6. The third-order valence-corrected chi connectivity index (χ3v) is 9.35. The molecule has 1 amide bonds. The summed E-state index contributed by atoms with van der Waals surface area (Å²) in [7, 11) is 0. The fourth-order valence-corrected chi connectivity index (χ4v) is 7.95. The second-order valence-corrected chi connectivity index (χ2v) is 11.7. The van der Waals surface area contributed by atoms with Crippen molar-refractivity contribution in [3.63, 3.8) is 0 Å². The van der Waals surface area contributed by atoms with Gasteiger partial charge in [-0.1, -0.05) is 23.9 Å². The predicted molar refractivity (Wildman–Crippen MR) is 123 cm³/mol. The van der Waals surface area contributed by atoms with Crippen LogP contribution in [0.25, 0.3) is 11.4 Å². The van der Waals surface area contributed by atoms with Crippen LogP contribution in [0.3, 0.4) is 0 Å². The van der Waals surface area contributed by atoms with E-state index in [2.05, 4.69) is 22.4 Å². The Kier molecular flexibility index (Phi) is 5.08. The van der Waals surface area contributed by atoms with Crippen LogP contribution in [0.1, 0.15) is 64.3 Å². The van der Waals surface area contributed by atoms with Gasteiger partial charge in [-0.15, -0.1) is 10.2 Å². The van der Waals surface area contributed by atoms with E-state index in [-0.39, 0.29) is 17.8 Å². The Morgan fingerprint density at radius 3 is 2.44 bits per heavy atom. The van der Waals surface area contributed by atoms with Gasteiger partial charge in [-0.2, -0.15) is 0 Å². The first-order valence-electron chi connectivity index (χ1n) is 12.1. The van der Waals surface area contributed by atoms with Gasteiger partial charge in [0.25, 0.3) is 0 Å². The van der Waals surface area contributed by atoms with Crippen LogP contribution < -0.4 is 5.32 Å². The summed E-state index contributed by atoms with van der Waals surface area (Å²) in [5.41, 5.74) is 0.778. The first-order valence-corrected chi connectivity index (χ1v) is 13.1. The van der Waals surface area contributed by atoms with Crippen LogP contribution in [-0.4, -0.2) is 32.5 Å². The fourth-order valence-electron chi connectivity index (χ4n) is 7.14. The minimum atomic E-state index is -0.291. The quantitative estimate of drug-likeness (QED) is 0.582. The van der Waals surface area contributed by atoms with Gasteiger partial charge in [0.2, 0.25) is 5.91 Å². The van der Waals surface area contributed by atoms with Crippen molar-refractivity contribution in [2.45, 2.75) is 75.5 Å². The van der Waals surface area contributed by atoms with Crippen LogP contribution >= 0.6 is 11.8 Å². The second-order valence-electron chi connectivity index (χ2n) is 10.7. The number of hydrogen-bond acceptors (Lipinski definition) is 4. The third-order valence-electron chi connectivity index (χ3n) is 8.41. The molecule has 1 aromatic carbocycles. The summed E-state index contributed by atoms with van der Waals surface area (Å²) in [6.07, 6.45) is 10.2. The molecule has 32 heavy (non-hydrogen) atoms. The SMILES string of the molecule is CC(NC(=O)CSc1nnc(-c2ccccc2F)n1C1CC1)C12CC3CC(CC(C3)C1)C2. The molecule has 5 aliphatic rings. The van der Waals surface area contributed by atoms with Crippen LogP contribution in [0, 0.1) is 29.0 Å². The maximum absolute atomic E-state index is 14.4. The number of carbonyl (C=O) groups is 1. The van der Waals surface area contributed by atoms with Crippen molar-refractivity contribution in [2.24, 2.45) is 23.2 Å². The summed E-state index contributed by atoms with van der Waals surface area (Å²) in [5, 5.41) is 12.7. The van der Waals surface area contributed by atoms with Gasteiger partial charge in [-0.25, -0.2) is 4.39 Å². The standard InChI is InChI=1S/C25H31FN4OS/c1-15(25-11-16-8-17(12-25)10-18(9-16)13-25)27-22(31)14-32-24-29-28-23(30(24)19-6-7-19)20-4-2-3-5-21(20)26/h2-5,15-19H,6-14H2,1H3,(H,27,31). The fraction of sp³-hybridized carbons (Fsp3) is 0.640. The van der Waals surface area contributed by atoms with Crippen LogP contribution in [-0.2, 0) is 4.79 Å². The van der Waals surface area contributed by atoms with Crippen LogP contribution in [0.15, 0.2) is 29.4 Å². The molecule has 1 heterocycles. The van der Waals surface area contributed by atoms with Crippen molar-refractivity contribution in [3.8, 4) is 11.4 Å². The predicted octanol–water partition coefficient (Wildman–Crippen LogP) is 5.23. The second kappa shape index (κ2) is 7.86. The molecule has 1 aromatic heterocycles. The lowest BCUT2D eigenvalue weighted by Gasteiger charge is -2.59. The molecule has 170 valence electrons. The highest BCUT2D eigenvalue weighted by Gasteiger charge is 2.53. The lowest BCUT2D eigenvalue weighted by atomic mass is 9.48. The monoisotopic (exact) mass is 454 g/mol. The topological polar surface area (TPSA) is 59.8 Å². The van der Waals surface area contributed by atoms with E-state index in [0.29, 0.717) is 33.8 Å². The number of nitrogens with zero attached hydrogens (tertiary/aromatic N) is 3. The molecule has 5 aliphatic carbocycles. The number of amides is 1. The number of benzene rings is 1. The van der Waals surface area contributed by atoms with Crippen molar-refractivity contribution < 1.29 is 9.18 Å². The van der Waals surface area contributed by atoms with Gasteiger partial charge in [0, 0.05) is 12.1 Å². The largest absolute Gasteiger partial charge is 0.352 e. The number of carbonyl (C=O) groups excluding carboxylic acids is 1. The van der Waals surface area contributed by atoms with Crippen LogP contribution in [0.2, 0.25) is 0 Å². The van der Waals surface area contributed by atoms with Crippen molar-refractivity contribution in [1.29, 1.82) is 0 Å². The Labute approximate surface area is 192 Å². The number of rotatable bonds is 7. The highest BCUT2D eigenvalue weighted by Crippen LogP contribution is 2.61. The summed E-state index contributed by atoms with van der Waals surface area (Å²) in [6.45, 7) is 2.22. The molecule has 5 saturated carbocycles. The summed E-state index contributed by atoms with van der Waals surface area (Å²) in [5.74, 6) is 3.29. The lowest BCUT2D eigenvalue weighted by Crippen LogP contribution is -2.56. The molecule has 2 aromatic rings. The smallest absolute Gasteiger partial charge is 0.230 e. The number of thioether (sulfide) groups is 1. The molecule has 7 rings (SSSR count). The van der Waals surface area contributed by atoms with Crippen molar-refractivity contribution in [2.75, 3.05) is 5.75 Å². The van der Waals surface area contributed by atoms with Gasteiger partial charge in [0.05, 0.1) is 11.3 Å². The molecule has 0 saturated heterocycles. The average Bonchev–Trinajstić information content (AvgIpc) is 3.51. The van der Waals surface area contributed by atoms with E-state index in [1.807, 2.05) is 10.6 Å². The first-order chi connectivity index (χ1) is 15.5. The molecule has 5 nitrogen and oxygen atoms in total. The Bertz CT molecular complexity index is 997. The molecular weight excluding hydrogens is 423 g/mol. The minimum Gasteiger partial charge on any atom is -0.352 e. The van der Waals surface area contributed by atoms with Gasteiger partial charge in [-0.3, -0.25) is 9.36 Å². The molecule has 0 spiro atoms. The zero-order chi connectivity index (χ0) is 21.9. The van der Waals surface area contributed by atoms with Crippen molar-refractivity contribution >= 4 is 17.7 Å². The maximum atomic E-state index is 14.4. The Hall–Kier alpha value is -1.89. The Morgan fingerprint density at radius 1 is 1.16 bits per heavy atom. The van der Waals surface area contributed by atoms with E-state index >= 15 is 0 Å². The van der Waals surface area contributed by atoms with E-state index in [0.717, 1.165) is 30.6 Å². The van der Waals surface area contributed by atoms with Crippen LogP contribution in [0.4, 0.5) is 4.39 Å². The molecule has 0 aliphatic heterocycles. The van der Waals surface area contributed by atoms with Gasteiger partial charge in [-0.05, 0) is 93.6 Å². The molecule has 1 N–H and O–H groups in total. The molecule has 1 unspecified atom stereocenters. The Balaban J connectivity index is 1.13. The van der Waals surface area contributed by atoms with Gasteiger partial charge < -0.3 is 5.32 Å². The molecule has 0 radical (unpaired) electrons. The number of nitrogens with one attached hydrogen (secondary N) is 1. The maximum Gasteiger partial charge on any atom is 0.230 e. The van der Waals surface area contributed by atoms with Gasteiger partial charge in [0.1, 0.15) is 5.82 Å². The van der Waals surface area contributed by atoms with E-state index < -0.39 is 0 Å². The van der Waals surface area contributed by atoms with Crippen molar-refractivity contribution in [1.82, 2.24) is 20.1 Å². The Morgan fingerprint density at radius 2 is 1.81 bits per heavy atom. The first kappa shape index (κ1) is 20.7. The minimum absolute atomic E-state index is 0.0658. The summed E-state index contributed by atoms with van der Waals surface area (Å²) >= 11 is 1.42. The zero-order valence-corrected chi connectivity index (χ0v) is 19.4. The molecule has 7 heteroatoms. The summed E-state index contributed by atoms with van der Waals surface area (Å²) in [4.78, 5) is 12.9. The van der Waals surface area contributed by atoms with Crippen LogP contribution in [0.5, 0.6) is 0 Å². The number of hydrogen-bond donors (Lipinski definition) is 1. The van der Waals surface area contributed by atoms with E-state index in [4.69, 9.17) is 0 Å². The lowest BCUT2D eigenvalue weighted by molar-refractivity contribution is -0.123. The zero-order valence-electron chi connectivity index (χ0n) is 18.6. The van der Waals surface area contributed by atoms with E-state index in [1.54, 1.807) is 12.1 Å². The van der Waals surface area contributed by atoms with E-state index in [1.165, 1.54) is 56.4 Å². The highest BCUT2D eigenvalue weighted by molar-refractivity contribution is 7.99. The number of aromatic nitrogens is 3. The summed E-state index contributed by atoms with van der Waals surface area (Å²) < 4.78 is 16.4. The van der Waals surface area contributed by atoms with E-state index in [9.17, 15) is 9.18 Å². The highest BCUT2D eigenvalue weighted by atomic mass is 32.2. The third kappa shape index (κ3) is 3.66. The number of halogens is 1. The summed E-state index contributed by atoms with van der Waals surface area (Å²) in [6, 6.07) is 7.22. The molecule has 4 bridgehead atoms. The molecule has 1 atom stereocenters. The molecule has 5 fully saturated rings.